The quantitative estimate of drug-likeness (QED) is 0.932. The van der Waals surface area contributed by atoms with Crippen LogP contribution in [0.3, 0.4) is 0 Å². The number of nitrogens with zero attached hydrogens (tertiary/aromatic N) is 1. The molecule has 0 saturated heterocycles. The van der Waals surface area contributed by atoms with Gasteiger partial charge in [0, 0.05) is 11.5 Å². The molecule has 0 bridgehead atoms. The first-order chi connectivity index (χ1) is 8.19. The molecule has 1 amide bonds. The third kappa shape index (κ3) is 2.53. The number of hydrogen-bond acceptors (Lipinski definition) is 2. The first-order valence-corrected chi connectivity index (χ1v) is 5.94. The van der Waals surface area contributed by atoms with Crippen molar-refractivity contribution >= 4 is 27.8 Å². The second-order valence-electron chi connectivity index (χ2n) is 4.32. The van der Waals surface area contributed by atoms with E-state index >= 15 is 0 Å². The molecule has 0 heterocycles. The third-order valence-corrected chi connectivity index (χ3v) is 3.50. The topological polar surface area (TPSA) is 57.6 Å². The summed E-state index contributed by atoms with van der Waals surface area (Å²) >= 11 is 3.08. The smallest absolute Gasteiger partial charge is 0.329 e. The monoisotopic (exact) mass is 317 g/mol. The van der Waals surface area contributed by atoms with E-state index in [9.17, 15) is 14.0 Å². The molecule has 1 rings (SSSR count). The van der Waals surface area contributed by atoms with E-state index in [4.69, 9.17) is 5.11 Å². The number of aliphatic carboxylic acids is 1. The van der Waals surface area contributed by atoms with Gasteiger partial charge in [0.25, 0.3) is 5.91 Å². The molecular weight excluding hydrogens is 305 g/mol. The largest absolute Gasteiger partial charge is 0.480 e. The Morgan fingerprint density at radius 1 is 1.39 bits per heavy atom. The van der Waals surface area contributed by atoms with Crippen LogP contribution in [-0.4, -0.2) is 34.5 Å². The first-order valence-electron chi connectivity index (χ1n) is 5.15. The van der Waals surface area contributed by atoms with E-state index < -0.39 is 23.2 Å². The molecule has 0 unspecified atom stereocenters. The number of hydrogen-bond donors (Lipinski definition) is 1. The maximum Gasteiger partial charge on any atom is 0.329 e. The zero-order valence-corrected chi connectivity index (χ0v) is 11.8. The second-order valence-corrected chi connectivity index (χ2v) is 5.18. The molecule has 0 fully saturated rings. The van der Waals surface area contributed by atoms with Crippen LogP contribution >= 0.6 is 15.9 Å². The number of carbonyl (C=O) groups is 2. The fraction of sp³-hybridized carbons (Fsp3) is 0.333. The summed E-state index contributed by atoms with van der Waals surface area (Å²) in [5, 5.41) is 9.05. The van der Waals surface area contributed by atoms with Crippen LogP contribution in [0.4, 0.5) is 4.39 Å². The van der Waals surface area contributed by atoms with Crippen molar-refractivity contribution in [2.24, 2.45) is 0 Å². The minimum atomic E-state index is -1.42. The van der Waals surface area contributed by atoms with Crippen LogP contribution < -0.4 is 0 Å². The number of carboxylic acids is 1. The minimum Gasteiger partial charge on any atom is -0.480 e. The van der Waals surface area contributed by atoms with Crippen LogP contribution in [-0.2, 0) is 4.79 Å². The number of carboxylic acid groups (broad SMARTS) is 1. The lowest BCUT2D eigenvalue weighted by Crippen LogP contribution is -2.51. The molecule has 98 valence electrons. The molecule has 1 N–H and O–H groups in total. The number of benzene rings is 1. The Labute approximate surface area is 113 Å². The molecule has 4 nitrogen and oxygen atoms in total. The van der Waals surface area contributed by atoms with Gasteiger partial charge in [0.1, 0.15) is 11.4 Å². The Morgan fingerprint density at radius 2 is 1.94 bits per heavy atom. The maximum absolute atomic E-state index is 13.6. The minimum absolute atomic E-state index is 0.172. The maximum atomic E-state index is 13.6. The van der Waals surface area contributed by atoms with Crippen molar-refractivity contribution in [1.82, 2.24) is 4.90 Å². The normalized spacial score (nSPS) is 11.2. The van der Waals surface area contributed by atoms with Crippen LogP contribution in [0, 0.1) is 5.82 Å². The summed E-state index contributed by atoms with van der Waals surface area (Å²) in [4.78, 5) is 24.2. The second kappa shape index (κ2) is 5.06. The SMILES string of the molecule is CN(C(=O)c1c(F)cccc1Br)C(C)(C)C(=O)O. The molecule has 0 atom stereocenters. The highest BCUT2D eigenvalue weighted by atomic mass is 79.9. The van der Waals surface area contributed by atoms with Crippen LogP contribution in [0.1, 0.15) is 24.2 Å². The average molecular weight is 318 g/mol. The van der Waals surface area contributed by atoms with E-state index in [0.29, 0.717) is 4.47 Å². The zero-order chi connectivity index (χ0) is 14.1. The van der Waals surface area contributed by atoms with Crippen LogP contribution in [0.15, 0.2) is 22.7 Å². The lowest BCUT2D eigenvalue weighted by Gasteiger charge is -2.31. The van der Waals surface area contributed by atoms with Gasteiger partial charge in [-0.25, -0.2) is 9.18 Å². The summed E-state index contributed by atoms with van der Waals surface area (Å²) in [5.41, 5.74) is -1.59. The van der Waals surface area contributed by atoms with E-state index in [2.05, 4.69) is 15.9 Å². The van der Waals surface area contributed by atoms with Gasteiger partial charge in [-0.15, -0.1) is 0 Å². The lowest BCUT2D eigenvalue weighted by molar-refractivity contribution is -0.147. The molecule has 0 saturated carbocycles. The number of carbonyl (C=O) groups excluding carboxylic acids is 1. The third-order valence-electron chi connectivity index (χ3n) is 2.84. The van der Waals surface area contributed by atoms with Gasteiger partial charge < -0.3 is 10.0 Å². The Bertz CT molecular complexity index is 482. The fourth-order valence-corrected chi connectivity index (χ4v) is 1.78. The van der Waals surface area contributed by atoms with Gasteiger partial charge in [0.15, 0.2) is 0 Å². The van der Waals surface area contributed by atoms with Crippen LogP contribution in [0.2, 0.25) is 0 Å². The van der Waals surface area contributed by atoms with Crippen molar-refractivity contribution in [3.05, 3.63) is 34.1 Å². The predicted octanol–water partition coefficient (Wildman–Crippen LogP) is 2.52. The fourth-order valence-electron chi connectivity index (χ4n) is 1.27. The number of likely N-dealkylation sites (N-methyl/N-ethyl adjacent to an activating group) is 1. The molecule has 0 aliphatic rings. The van der Waals surface area contributed by atoms with Crippen molar-refractivity contribution in [3.63, 3.8) is 0 Å². The van der Waals surface area contributed by atoms with E-state index in [1.165, 1.54) is 33.0 Å². The number of rotatable bonds is 3. The summed E-state index contributed by atoms with van der Waals surface area (Å²) in [6, 6.07) is 4.13. The van der Waals surface area contributed by atoms with Crippen molar-refractivity contribution < 1.29 is 19.1 Å². The van der Waals surface area contributed by atoms with Crippen molar-refractivity contribution in [3.8, 4) is 0 Å². The van der Waals surface area contributed by atoms with E-state index in [0.717, 1.165) is 11.0 Å². The summed E-state index contributed by atoms with van der Waals surface area (Å²) < 4.78 is 13.9. The van der Waals surface area contributed by atoms with Gasteiger partial charge in [0.2, 0.25) is 0 Å². The van der Waals surface area contributed by atoms with Crippen molar-refractivity contribution in [2.45, 2.75) is 19.4 Å². The summed E-state index contributed by atoms with van der Waals surface area (Å²) in [7, 11) is 1.33. The highest BCUT2D eigenvalue weighted by Crippen LogP contribution is 2.24. The molecular formula is C12H13BrFNO3. The Hall–Kier alpha value is -1.43. The van der Waals surface area contributed by atoms with Gasteiger partial charge in [-0.1, -0.05) is 6.07 Å². The molecule has 0 aromatic heterocycles. The number of amides is 1. The van der Waals surface area contributed by atoms with Gasteiger partial charge in [-0.05, 0) is 41.9 Å². The molecule has 0 aliphatic carbocycles. The summed E-state index contributed by atoms with van der Waals surface area (Å²) in [6.07, 6.45) is 0. The van der Waals surface area contributed by atoms with Gasteiger partial charge >= 0.3 is 5.97 Å². The van der Waals surface area contributed by atoms with Gasteiger partial charge in [-0.2, -0.15) is 0 Å². The van der Waals surface area contributed by atoms with Gasteiger partial charge in [0.05, 0.1) is 5.56 Å². The lowest BCUT2D eigenvalue weighted by atomic mass is 10.0. The van der Waals surface area contributed by atoms with Crippen molar-refractivity contribution in [2.75, 3.05) is 7.05 Å². The Morgan fingerprint density at radius 3 is 2.39 bits per heavy atom. The summed E-state index contributed by atoms with van der Waals surface area (Å²) in [6.45, 7) is 2.75. The van der Waals surface area contributed by atoms with Crippen molar-refractivity contribution in [1.29, 1.82) is 0 Å². The van der Waals surface area contributed by atoms with E-state index in [1.807, 2.05) is 0 Å². The van der Waals surface area contributed by atoms with E-state index in [1.54, 1.807) is 0 Å². The van der Waals surface area contributed by atoms with Crippen LogP contribution in [0.25, 0.3) is 0 Å². The molecule has 1 aromatic rings. The molecule has 0 spiro atoms. The predicted molar refractivity (Wildman–Crippen MR) is 67.9 cm³/mol. The van der Waals surface area contributed by atoms with Gasteiger partial charge in [-0.3, -0.25) is 4.79 Å². The average Bonchev–Trinajstić information content (AvgIpc) is 2.27. The molecule has 0 radical (unpaired) electrons. The highest BCUT2D eigenvalue weighted by Gasteiger charge is 2.36. The zero-order valence-electron chi connectivity index (χ0n) is 10.2. The molecule has 18 heavy (non-hydrogen) atoms. The van der Waals surface area contributed by atoms with E-state index in [-0.39, 0.29) is 5.56 Å². The van der Waals surface area contributed by atoms with Crippen LogP contribution in [0.5, 0.6) is 0 Å². The summed E-state index contributed by atoms with van der Waals surface area (Å²) in [5.74, 6) is -2.54. The highest BCUT2D eigenvalue weighted by molar-refractivity contribution is 9.10. The molecule has 1 aromatic carbocycles. The molecule has 6 heteroatoms. The molecule has 0 aliphatic heterocycles. The number of halogens is 2. The first kappa shape index (κ1) is 14.6. The standard InChI is InChI=1S/C12H13BrFNO3/c1-12(2,11(17)18)15(3)10(16)9-7(13)5-4-6-8(9)14/h4-6H,1-3H3,(H,17,18). The Balaban J connectivity index is 3.20. The Kier molecular flexibility index (Phi) is 4.11.